The lowest BCUT2D eigenvalue weighted by molar-refractivity contribution is -0.180. The molecule has 0 aromatic carbocycles. The fourth-order valence-electron chi connectivity index (χ4n) is 1.61. The van der Waals surface area contributed by atoms with Gasteiger partial charge in [-0.15, -0.1) is 0 Å². The number of carbonyl (C=O) groups excluding carboxylic acids is 2. The molecule has 0 heterocycles. The van der Waals surface area contributed by atoms with Crippen molar-refractivity contribution in [2.24, 2.45) is 10.8 Å². The second-order valence-electron chi connectivity index (χ2n) is 5.26. The molecule has 0 aromatic rings. The van der Waals surface area contributed by atoms with Crippen LogP contribution >= 0.6 is 0 Å². The third-order valence-electron chi connectivity index (χ3n) is 2.91. The predicted octanol–water partition coefficient (Wildman–Crippen LogP) is 0.000300. The van der Waals surface area contributed by atoms with Crippen molar-refractivity contribution in [2.45, 2.75) is 13.8 Å². The van der Waals surface area contributed by atoms with Gasteiger partial charge in [0.2, 0.25) is 0 Å². The highest BCUT2D eigenvalue weighted by molar-refractivity contribution is 5.91. The van der Waals surface area contributed by atoms with Crippen LogP contribution in [0.1, 0.15) is 13.8 Å². The molecular weight excluding hydrogens is 268 g/mol. The van der Waals surface area contributed by atoms with Crippen molar-refractivity contribution in [1.29, 1.82) is 0 Å². The Morgan fingerprint density at radius 2 is 1.20 bits per heavy atom. The van der Waals surface area contributed by atoms with Gasteiger partial charge in [0.25, 0.3) is 0 Å². The highest BCUT2D eigenvalue weighted by Crippen LogP contribution is 2.24. The fraction of sp³-hybridized carbons (Fsp3) is 0.846. The molecule has 0 bridgehead atoms. The summed E-state index contributed by atoms with van der Waals surface area (Å²) in [6.45, 7) is 2.58. The van der Waals surface area contributed by atoms with Crippen LogP contribution in [0.4, 0.5) is 0 Å². The molecule has 0 rings (SSSR count). The zero-order valence-electron chi connectivity index (χ0n) is 12.7. The maximum atomic E-state index is 12.1. The molecule has 7 heteroatoms. The van der Waals surface area contributed by atoms with E-state index in [4.69, 9.17) is 18.9 Å². The third-order valence-corrected chi connectivity index (χ3v) is 2.91. The van der Waals surface area contributed by atoms with Crippen LogP contribution < -0.4 is 0 Å². The van der Waals surface area contributed by atoms with E-state index in [0.29, 0.717) is 0 Å². The van der Waals surface area contributed by atoms with Crippen LogP contribution in [0.15, 0.2) is 0 Å². The molecule has 0 amide bonds. The first kappa shape index (κ1) is 19.0. The zero-order valence-corrected chi connectivity index (χ0v) is 12.7. The molecule has 118 valence electrons. The van der Waals surface area contributed by atoms with E-state index in [1.54, 1.807) is 6.92 Å². The van der Waals surface area contributed by atoms with Gasteiger partial charge in [-0.3, -0.25) is 9.59 Å². The molecule has 0 spiro atoms. The van der Waals surface area contributed by atoms with Crippen LogP contribution in [0.5, 0.6) is 0 Å². The van der Waals surface area contributed by atoms with Gasteiger partial charge in [0.1, 0.15) is 10.8 Å². The summed E-state index contributed by atoms with van der Waals surface area (Å²) >= 11 is 0. The average Bonchev–Trinajstić information content (AvgIpc) is 2.39. The largest absolute Gasteiger partial charge is 0.395 e. The fourth-order valence-corrected chi connectivity index (χ4v) is 1.61. The molecule has 0 saturated carbocycles. The summed E-state index contributed by atoms with van der Waals surface area (Å²) in [6, 6.07) is 0. The Bertz CT molecular complexity index is 323. The number of aliphatic hydroxyl groups excluding tert-OH is 1. The van der Waals surface area contributed by atoms with E-state index in [0.717, 1.165) is 0 Å². The second kappa shape index (κ2) is 8.31. The molecule has 7 nitrogen and oxygen atoms in total. The third kappa shape index (κ3) is 4.82. The monoisotopic (exact) mass is 292 g/mol. The molecule has 0 fully saturated rings. The first-order valence-electron chi connectivity index (χ1n) is 6.14. The van der Waals surface area contributed by atoms with Gasteiger partial charge in [0.05, 0.1) is 26.4 Å². The summed E-state index contributed by atoms with van der Waals surface area (Å²) in [5.74, 6) is -1.60. The van der Waals surface area contributed by atoms with Crippen LogP contribution in [-0.2, 0) is 28.5 Å². The van der Waals surface area contributed by atoms with E-state index in [-0.39, 0.29) is 19.8 Å². The maximum Gasteiger partial charge on any atom is 0.324 e. The Labute approximate surface area is 119 Å². The van der Waals surface area contributed by atoms with Gasteiger partial charge < -0.3 is 24.1 Å². The Morgan fingerprint density at radius 1 is 0.850 bits per heavy atom. The summed E-state index contributed by atoms with van der Waals surface area (Å²) in [5, 5.41) is 9.27. The van der Waals surface area contributed by atoms with Crippen LogP contribution in [-0.4, -0.2) is 64.8 Å². The molecule has 0 aliphatic carbocycles. The van der Waals surface area contributed by atoms with Gasteiger partial charge in [-0.05, 0) is 13.8 Å². The van der Waals surface area contributed by atoms with E-state index < -0.39 is 29.4 Å². The summed E-state index contributed by atoms with van der Waals surface area (Å²) < 4.78 is 19.6. The predicted molar refractivity (Wildman–Crippen MR) is 70.0 cm³/mol. The Morgan fingerprint density at radius 3 is 1.55 bits per heavy atom. The number of hydrogen-bond donors (Lipinski definition) is 1. The number of ether oxygens (including phenoxy) is 4. The first-order valence-corrected chi connectivity index (χ1v) is 6.14. The molecule has 1 N–H and O–H groups in total. The number of methoxy groups -OCH3 is 3. The molecule has 0 saturated heterocycles. The van der Waals surface area contributed by atoms with Gasteiger partial charge in [-0.25, -0.2) is 0 Å². The smallest absolute Gasteiger partial charge is 0.324 e. The molecular formula is C13H24O7. The first-order chi connectivity index (χ1) is 9.29. The van der Waals surface area contributed by atoms with Crippen molar-refractivity contribution in [3.05, 3.63) is 0 Å². The molecule has 0 radical (unpaired) electrons. The van der Waals surface area contributed by atoms with Crippen molar-refractivity contribution in [1.82, 2.24) is 0 Å². The highest BCUT2D eigenvalue weighted by atomic mass is 16.6. The van der Waals surface area contributed by atoms with Crippen molar-refractivity contribution < 1.29 is 33.6 Å². The van der Waals surface area contributed by atoms with E-state index in [1.807, 2.05) is 0 Å². The Balaban J connectivity index is 4.91. The van der Waals surface area contributed by atoms with Crippen LogP contribution in [0, 0.1) is 10.8 Å². The lowest BCUT2D eigenvalue weighted by Gasteiger charge is -2.28. The molecule has 0 aliphatic rings. The van der Waals surface area contributed by atoms with E-state index in [1.165, 1.54) is 28.3 Å². The summed E-state index contributed by atoms with van der Waals surface area (Å²) in [5.41, 5.74) is -2.38. The number of hydrogen-bond acceptors (Lipinski definition) is 7. The van der Waals surface area contributed by atoms with E-state index >= 15 is 0 Å². The Hall–Kier alpha value is -1.02. The molecule has 1 unspecified atom stereocenters. The molecule has 0 aliphatic heterocycles. The Kier molecular flexibility index (Phi) is 7.88. The molecule has 20 heavy (non-hydrogen) atoms. The van der Waals surface area contributed by atoms with Crippen LogP contribution in [0.25, 0.3) is 0 Å². The normalized spacial score (nSPS) is 14.7. The summed E-state index contributed by atoms with van der Waals surface area (Å²) in [7, 11) is 4.26. The van der Waals surface area contributed by atoms with Crippen molar-refractivity contribution in [3.8, 4) is 0 Å². The molecule has 1 atom stereocenters. The average molecular weight is 292 g/mol. The summed E-state index contributed by atoms with van der Waals surface area (Å²) in [4.78, 5) is 24.1. The minimum Gasteiger partial charge on any atom is -0.395 e. The number of carbonyl (C=O) groups is 2. The van der Waals surface area contributed by atoms with Crippen molar-refractivity contribution in [3.63, 3.8) is 0 Å². The minimum atomic E-state index is -1.29. The van der Waals surface area contributed by atoms with Gasteiger partial charge in [-0.2, -0.15) is 0 Å². The number of rotatable bonds is 9. The van der Waals surface area contributed by atoms with Gasteiger partial charge in [0.15, 0.2) is 0 Å². The second-order valence-corrected chi connectivity index (χ2v) is 5.26. The van der Waals surface area contributed by atoms with E-state index in [2.05, 4.69) is 0 Å². The van der Waals surface area contributed by atoms with Crippen LogP contribution in [0.2, 0.25) is 0 Å². The lowest BCUT2D eigenvalue weighted by atomic mass is 9.91. The van der Waals surface area contributed by atoms with Gasteiger partial charge in [-0.1, -0.05) is 0 Å². The number of esters is 2. The SMILES string of the molecule is COCC(C)(CO)C(=O)OC(=O)C(C)(COC)COC. The standard InChI is InChI=1S/C13H24O7/c1-12(6-14,7-17-3)10(15)20-11(16)13(2,8-18-4)9-19-5/h14H,6-9H2,1-5H3. The van der Waals surface area contributed by atoms with Gasteiger partial charge >= 0.3 is 11.9 Å². The van der Waals surface area contributed by atoms with Crippen molar-refractivity contribution >= 4 is 11.9 Å². The number of aliphatic hydroxyl groups is 1. The quantitative estimate of drug-likeness (QED) is 0.472. The highest BCUT2D eigenvalue weighted by Gasteiger charge is 2.41. The lowest BCUT2D eigenvalue weighted by Crippen LogP contribution is -2.44. The van der Waals surface area contributed by atoms with Crippen LogP contribution in [0.3, 0.4) is 0 Å². The van der Waals surface area contributed by atoms with Gasteiger partial charge in [0, 0.05) is 21.3 Å². The minimum absolute atomic E-state index is 0.0487. The molecule has 0 aromatic heterocycles. The maximum absolute atomic E-state index is 12.1. The van der Waals surface area contributed by atoms with E-state index in [9.17, 15) is 14.7 Å². The topological polar surface area (TPSA) is 91.3 Å². The zero-order chi connectivity index (χ0) is 15.8. The van der Waals surface area contributed by atoms with Crippen molar-refractivity contribution in [2.75, 3.05) is 47.8 Å². The summed E-state index contributed by atoms with van der Waals surface area (Å²) in [6.07, 6.45) is 0.